The number of hydrogen-bond donors (Lipinski definition) is 2. The van der Waals surface area contributed by atoms with Crippen molar-refractivity contribution in [2.45, 2.75) is 6.54 Å². The fraction of sp³-hybridized carbons (Fsp3) is 0.0909. The molecule has 10 heteroatoms. The predicted molar refractivity (Wildman–Crippen MR) is 117 cm³/mol. The molecule has 10 nitrogen and oxygen atoms in total. The standard InChI is InChI=1S/C22H18N8O2/c1-29-18-11-16(12-23-20(18)25-22(29)32)14-6-5-7-15(10-14)21(31)24-13-19-26-27-28-30(19)17-8-3-2-4-9-17/h2-12H,13H2,1H3,(H,24,31)(H,23,25,32). The van der Waals surface area contributed by atoms with Gasteiger partial charge in [-0.05, 0) is 46.3 Å². The lowest BCUT2D eigenvalue weighted by molar-refractivity contribution is 0.0949. The number of rotatable bonds is 5. The van der Waals surface area contributed by atoms with Gasteiger partial charge in [-0.25, -0.2) is 9.78 Å². The number of benzene rings is 2. The third-order valence-electron chi connectivity index (χ3n) is 5.16. The van der Waals surface area contributed by atoms with Crippen molar-refractivity contribution in [1.29, 1.82) is 0 Å². The number of pyridine rings is 1. The van der Waals surface area contributed by atoms with Gasteiger partial charge in [0.25, 0.3) is 5.91 Å². The number of hydrogen-bond acceptors (Lipinski definition) is 6. The topological polar surface area (TPSA) is 123 Å². The highest BCUT2D eigenvalue weighted by Gasteiger charge is 2.13. The number of H-pyrrole nitrogens is 1. The van der Waals surface area contributed by atoms with E-state index in [9.17, 15) is 9.59 Å². The quantitative estimate of drug-likeness (QED) is 0.442. The minimum atomic E-state index is -0.252. The molecule has 0 spiro atoms. The molecule has 0 aliphatic rings. The summed E-state index contributed by atoms with van der Waals surface area (Å²) in [4.78, 5) is 31.6. The fourth-order valence-corrected chi connectivity index (χ4v) is 3.44. The molecule has 3 aromatic heterocycles. The third kappa shape index (κ3) is 3.54. The van der Waals surface area contributed by atoms with E-state index in [0.717, 1.165) is 16.8 Å². The van der Waals surface area contributed by atoms with Gasteiger partial charge in [-0.2, -0.15) is 4.68 Å². The Balaban J connectivity index is 1.36. The van der Waals surface area contributed by atoms with Crippen LogP contribution in [0.15, 0.2) is 71.7 Å². The van der Waals surface area contributed by atoms with Crippen molar-refractivity contribution in [3.05, 3.63) is 88.7 Å². The maximum Gasteiger partial charge on any atom is 0.327 e. The molecule has 32 heavy (non-hydrogen) atoms. The second kappa shape index (κ2) is 7.91. The van der Waals surface area contributed by atoms with Gasteiger partial charge in [0.1, 0.15) is 0 Å². The lowest BCUT2D eigenvalue weighted by atomic mass is 10.0. The number of tetrazole rings is 1. The first-order valence-corrected chi connectivity index (χ1v) is 9.86. The van der Waals surface area contributed by atoms with Crippen molar-refractivity contribution in [2.75, 3.05) is 0 Å². The van der Waals surface area contributed by atoms with Crippen LogP contribution in [-0.2, 0) is 13.6 Å². The number of fused-ring (bicyclic) bond motifs is 1. The van der Waals surface area contributed by atoms with Crippen LogP contribution in [0.1, 0.15) is 16.2 Å². The zero-order valence-electron chi connectivity index (χ0n) is 17.1. The molecule has 5 rings (SSSR count). The summed E-state index contributed by atoms with van der Waals surface area (Å²) in [6.07, 6.45) is 1.67. The van der Waals surface area contributed by atoms with Gasteiger partial charge in [-0.1, -0.05) is 30.3 Å². The minimum absolute atomic E-state index is 0.171. The number of carbonyl (C=O) groups excluding carboxylic acids is 1. The molecule has 0 saturated heterocycles. The van der Waals surface area contributed by atoms with Crippen LogP contribution < -0.4 is 11.0 Å². The molecule has 0 bridgehead atoms. The van der Waals surface area contributed by atoms with Gasteiger partial charge < -0.3 is 5.32 Å². The monoisotopic (exact) mass is 426 g/mol. The Bertz CT molecular complexity index is 1480. The summed E-state index contributed by atoms with van der Waals surface area (Å²) in [5.41, 5.74) is 3.90. The van der Waals surface area contributed by atoms with E-state index >= 15 is 0 Å². The summed E-state index contributed by atoms with van der Waals surface area (Å²) >= 11 is 0. The first kappa shape index (κ1) is 19.4. The first-order valence-electron chi connectivity index (χ1n) is 9.86. The number of carbonyl (C=O) groups is 1. The molecule has 0 saturated carbocycles. The lowest BCUT2D eigenvalue weighted by Gasteiger charge is -2.08. The number of amides is 1. The summed E-state index contributed by atoms with van der Waals surface area (Å²) in [5, 5.41) is 14.6. The van der Waals surface area contributed by atoms with Crippen molar-refractivity contribution in [3.8, 4) is 16.8 Å². The Kier molecular flexibility index (Phi) is 4.79. The van der Waals surface area contributed by atoms with E-state index in [-0.39, 0.29) is 18.1 Å². The van der Waals surface area contributed by atoms with E-state index in [1.165, 1.54) is 4.57 Å². The van der Waals surface area contributed by atoms with E-state index in [1.54, 1.807) is 36.1 Å². The Labute approximate surface area is 181 Å². The number of nitrogens with zero attached hydrogens (tertiary/aromatic N) is 6. The van der Waals surface area contributed by atoms with Gasteiger partial charge in [-0.15, -0.1) is 5.10 Å². The summed E-state index contributed by atoms with van der Waals surface area (Å²) in [7, 11) is 1.68. The molecule has 2 aromatic carbocycles. The Hall–Kier alpha value is -4.60. The van der Waals surface area contributed by atoms with E-state index < -0.39 is 0 Å². The number of aromatic amines is 1. The van der Waals surface area contributed by atoms with Gasteiger partial charge in [0, 0.05) is 24.4 Å². The summed E-state index contributed by atoms with van der Waals surface area (Å²) in [6, 6.07) is 18.5. The molecule has 0 aliphatic heterocycles. The molecular weight excluding hydrogens is 408 g/mol. The normalized spacial score (nSPS) is 11.0. The second-order valence-corrected chi connectivity index (χ2v) is 7.19. The van der Waals surface area contributed by atoms with Crippen molar-refractivity contribution in [3.63, 3.8) is 0 Å². The number of imidazole rings is 1. The average Bonchev–Trinajstić information content (AvgIpc) is 3.42. The highest BCUT2D eigenvalue weighted by atomic mass is 16.2. The van der Waals surface area contributed by atoms with Crippen molar-refractivity contribution >= 4 is 17.1 Å². The fourth-order valence-electron chi connectivity index (χ4n) is 3.44. The van der Waals surface area contributed by atoms with Crippen LogP contribution in [0, 0.1) is 0 Å². The smallest absolute Gasteiger partial charge is 0.327 e. The molecule has 0 radical (unpaired) electrons. The zero-order chi connectivity index (χ0) is 22.1. The molecule has 2 N–H and O–H groups in total. The summed E-state index contributed by atoms with van der Waals surface area (Å²) < 4.78 is 3.08. The molecule has 158 valence electrons. The number of para-hydroxylation sites is 1. The first-order chi connectivity index (χ1) is 15.6. The molecule has 0 aliphatic carbocycles. The molecule has 1 amide bonds. The minimum Gasteiger partial charge on any atom is -0.345 e. The van der Waals surface area contributed by atoms with Crippen LogP contribution in [0.4, 0.5) is 0 Å². The van der Waals surface area contributed by atoms with Gasteiger partial charge in [0.2, 0.25) is 0 Å². The zero-order valence-corrected chi connectivity index (χ0v) is 17.1. The second-order valence-electron chi connectivity index (χ2n) is 7.19. The molecule has 0 atom stereocenters. The maximum atomic E-state index is 12.8. The molecular formula is C22H18N8O2. The van der Waals surface area contributed by atoms with Crippen LogP contribution in [0.3, 0.4) is 0 Å². The highest BCUT2D eigenvalue weighted by molar-refractivity contribution is 5.95. The lowest BCUT2D eigenvalue weighted by Crippen LogP contribution is -2.24. The van der Waals surface area contributed by atoms with Gasteiger partial charge in [0.15, 0.2) is 11.5 Å². The van der Waals surface area contributed by atoms with E-state index in [2.05, 4.69) is 30.8 Å². The highest BCUT2D eigenvalue weighted by Crippen LogP contribution is 2.22. The van der Waals surface area contributed by atoms with Crippen LogP contribution in [0.2, 0.25) is 0 Å². The SMILES string of the molecule is Cn1c(=O)[nH]c2ncc(-c3cccc(C(=O)NCc4nnnn4-c4ccccc4)c3)cc21. The molecule has 0 unspecified atom stereocenters. The van der Waals surface area contributed by atoms with Gasteiger partial charge in [0.05, 0.1) is 17.7 Å². The van der Waals surface area contributed by atoms with Crippen LogP contribution in [0.5, 0.6) is 0 Å². The van der Waals surface area contributed by atoms with Gasteiger partial charge >= 0.3 is 5.69 Å². The van der Waals surface area contributed by atoms with E-state index in [1.807, 2.05) is 42.5 Å². The van der Waals surface area contributed by atoms with E-state index in [4.69, 9.17) is 0 Å². The van der Waals surface area contributed by atoms with Crippen molar-refractivity contribution in [2.24, 2.45) is 7.05 Å². The number of aromatic nitrogens is 7. The maximum absolute atomic E-state index is 12.8. The van der Waals surface area contributed by atoms with Crippen molar-refractivity contribution in [1.82, 2.24) is 40.1 Å². The Morgan fingerprint density at radius 1 is 1.06 bits per heavy atom. The number of aryl methyl sites for hydroxylation is 1. The van der Waals surface area contributed by atoms with Gasteiger partial charge in [-0.3, -0.25) is 14.3 Å². The molecule has 5 aromatic rings. The van der Waals surface area contributed by atoms with Crippen LogP contribution in [-0.4, -0.2) is 40.6 Å². The third-order valence-corrected chi connectivity index (χ3v) is 5.16. The molecule has 3 heterocycles. The predicted octanol–water partition coefficient (Wildman–Crippen LogP) is 1.83. The summed E-state index contributed by atoms with van der Waals surface area (Å²) in [6.45, 7) is 0.171. The van der Waals surface area contributed by atoms with Crippen LogP contribution in [0.25, 0.3) is 28.0 Å². The summed E-state index contributed by atoms with van der Waals surface area (Å²) in [5.74, 6) is 0.265. The van der Waals surface area contributed by atoms with E-state index in [0.29, 0.717) is 22.6 Å². The Morgan fingerprint density at radius 2 is 1.91 bits per heavy atom. The largest absolute Gasteiger partial charge is 0.345 e. The van der Waals surface area contributed by atoms with Crippen molar-refractivity contribution < 1.29 is 4.79 Å². The van der Waals surface area contributed by atoms with Crippen LogP contribution >= 0.6 is 0 Å². The Morgan fingerprint density at radius 3 is 2.75 bits per heavy atom. The number of nitrogens with one attached hydrogen (secondary N) is 2. The molecule has 0 fully saturated rings. The average molecular weight is 426 g/mol.